The Morgan fingerprint density at radius 2 is 1.54 bits per heavy atom. The Kier molecular flexibility index (Phi) is 5.79. The fourth-order valence-corrected chi connectivity index (χ4v) is 4.97. The van der Waals surface area contributed by atoms with Gasteiger partial charge in [0.2, 0.25) is 0 Å². The summed E-state index contributed by atoms with van der Waals surface area (Å²) in [6.07, 6.45) is 7.99. The zero-order valence-corrected chi connectivity index (χ0v) is 17.7. The van der Waals surface area contributed by atoms with Gasteiger partial charge in [0.05, 0.1) is 0 Å². The number of rotatable bonds is 5. The first-order chi connectivity index (χ1) is 13.5. The van der Waals surface area contributed by atoms with Crippen LogP contribution in [0.3, 0.4) is 0 Å². The summed E-state index contributed by atoms with van der Waals surface area (Å²) in [7, 11) is 0. The van der Waals surface area contributed by atoms with Crippen LogP contribution in [0.2, 0.25) is 0 Å². The number of hydrogen-bond donors (Lipinski definition) is 0. The summed E-state index contributed by atoms with van der Waals surface area (Å²) < 4.78 is 0. The van der Waals surface area contributed by atoms with Crippen molar-refractivity contribution in [1.82, 2.24) is 19.8 Å². The molecule has 0 saturated carbocycles. The molecule has 1 aromatic heterocycles. The fourth-order valence-electron chi connectivity index (χ4n) is 4.97. The van der Waals surface area contributed by atoms with E-state index >= 15 is 0 Å². The molecule has 4 rings (SSSR count). The van der Waals surface area contributed by atoms with E-state index in [2.05, 4.69) is 57.9 Å². The molecule has 1 aromatic carbocycles. The second-order valence-corrected chi connectivity index (χ2v) is 9.31. The van der Waals surface area contributed by atoms with Crippen LogP contribution < -0.4 is 0 Å². The molecule has 4 heteroatoms. The molecule has 0 N–H and O–H groups in total. The standard InChI is InChI=1S/C24H34N4/c1-19(2)23-7-5-21(6-8-23)15-27-11-4-9-24(17-27)10-12-28(18-24)16-22-13-25-20(3)26-14-22/h5-8,13-14,19H,4,9-12,15-18H2,1-3H3. The molecule has 4 nitrogen and oxygen atoms in total. The van der Waals surface area contributed by atoms with Gasteiger partial charge in [-0.05, 0) is 61.7 Å². The van der Waals surface area contributed by atoms with Gasteiger partial charge in [0.15, 0.2) is 0 Å². The molecule has 0 aliphatic carbocycles. The molecule has 1 unspecified atom stereocenters. The normalized spacial score (nSPS) is 23.7. The molecule has 1 spiro atoms. The summed E-state index contributed by atoms with van der Waals surface area (Å²) in [4.78, 5) is 14.0. The van der Waals surface area contributed by atoms with E-state index in [0.29, 0.717) is 11.3 Å². The smallest absolute Gasteiger partial charge is 0.125 e. The molecule has 2 aliphatic heterocycles. The van der Waals surface area contributed by atoms with Crippen LogP contribution in [0, 0.1) is 12.3 Å². The van der Waals surface area contributed by atoms with E-state index in [1.807, 2.05) is 19.3 Å². The van der Waals surface area contributed by atoms with Crippen LogP contribution in [0.25, 0.3) is 0 Å². The highest BCUT2D eigenvalue weighted by Crippen LogP contribution is 2.39. The lowest BCUT2D eigenvalue weighted by atomic mass is 9.79. The molecule has 2 aliphatic rings. The Morgan fingerprint density at radius 3 is 2.21 bits per heavy atom. The Bertz CT molecular complexity index is 768. The second kappa shape index (κ2) is 8.30. The van der Waals surface area contributed by atoms with Gasteiger partial charge >= 0.3 is 0 Å². The molecular formula is C24H34N4. The summed E-state index contributed by atoms with van der Waals surface area (Å²) >= 11 is 0. The molecule has 0 bridgehead atoms. The largest absolute Gasteiger partial charge is 0.298 e. The lowest BCUT2D eigenvalue weighted by Gasteiger charge is -2.40. The minimum absolute atomic E-state index is 0.474. The van der Waals surface area contributed by atoms with Crippen molar-refractivity contribution in [1.29, 1.82) is 0 Å². The molecule has 2 saturated heterocycles. The molecular weight excluding hydrogens is 344 g/mol. The molecule has 28 heavy (non-hydrogen) atoms. The van der Waals surface area contributed by atoms with Gasteiger partial charge in [-0.15, -0.1) is 0 Å². The fraction of sp³-hybridized carbons (Fsp3) is 0.583. The third kappa shape index (κ3) is 4.61. The van der Waals surface area contributed by atoms with E-state index in [9.17, 15) is 0 Å². The van der Waals surface area contributed by atoms with E-state index in [0.717, 1.165) is 18.9 Å². The van der Waals surface area contributed by atoms with Gasteiger partial charge in [0.1, 0.15) is 5.82 Å². The number of aryl methyl sites for hydroxylation is 1. The van der Waals surface area contributed by atoms with Gasteiger partial charge in [-0.1, -0.05) is 38.1 Å². The minimum atomic E-state index is 0.474. The number of aromatic nitrogens is 2. The van der Waals surface area contributed by atoms with Crippen LogP contribution in [0.4, 0.5) is 0 Å². The minimum Gasteiger partial charge on any atom is -0.298 e. The first-order valence-electron chi connectivity index (χ1n) is 10.8. The van der Waals surface area contributed by atoms with Crippen molar-refractivity contribution < 1.29 is 0 Å². The molecule has 2 fully saturated rings. The highest BCUT2D eigenvalue weighted by atomic mass is 15.2. The summed E-state index contributed by atoms with van der Waals surface area (Å²) in [5, 5.41) is 0. The van der Waals surface area contributed by atoms with E-state index in [1.165, 1.54) is 62.1 Å². The van der Waals surface area contributed by atoms with Gasteiger partial charge in [0, 0.05) is 44.1 Å². The van der Waals surface area contributed by atoms with Gasteiger partial charge in [-0.25, -0.2) is 9.97 Å². The van der Waals surface area contributed by atoms with Gasteiger partial charge in [0.25, 0.3) is 0 Å². The summed E-state index contributed by atoms with van der Waals surface area (Å²) in [6.45, 7) is 13.4. The van der Waals surface area contributed by atoms with Crippen molar-refractivity contribution in [3.05, 3.63) is 59.2 Å². The number of nitrogens with zero attached hydrogens (tertiary/aromatic N) is 4. The van der Waals surface area contributed by atoms with E-state index in [1.54, 1.807) is 0 Å². The summed E-state index contributed by atoms with van der Waals surface area (Å²) in [5.41, 5.74) is 4.60. The van der Waals surface area contributed by atoms with Crippen LogP contribution >= 0.6 is 0 Å². The Hall–Kier alpha value is -1.78. The molecule has 2 aromatic rings. The highest BCUT2D eigenvalue weighted by molar-refractivity contribution is 5.24. The van der Waals surface area contributed by atoms with Crippen molar-refractivity contribution in [2.45, 2.75) is 59.0 Å². The van der Waals surface area contributed by atoms with Crippen LogP contribution in [0.1, 0.15) is 61.5 Å². The number of benzene rings is 1. The van der Waals surface area contributed by atoms with Gasteiger partial charge < -0.3 is 0 Å². The number of piperidine rings is 1. The second-order valence-electron chi connectivity index (χ2n) is 9.31. The molecule has 0 amide bonds. The predicted octanol–water partition coefficient (Wildman–Crippen LogP) is 4.40. The Balaban J connectivity index is 1.34. The summed E-state index contributed by atoms with van der Waals surface area (Å²) in [5.74, 6) is 1.46. The zero-order chi connectivity index (χ0) is 19.6. The topological polar surface area (TPSA) is 32.3 Å². The Labute approximate surface area is 170 Å². The monoisotopic (exact) mass is 378 g/mol. The van der Waals surface area contributed by atoms with Crippen molar-refractivity contribution in [3.8, 4) is 0 Å². The number of hydrogen-bond acceptors (Lipinski definition) is 4. The summed E-state index contributed by atoms with van der Waals surface area (Å²) in [6, 6.07) is 9.27. The SMILES string of the molecule is Cc1ncc(CN2CCC3(CCCN(Cc4ccc(C(C)C)cc4)C3)C2)cn1. The molecule has 0 radical (unpaired) electrons. The quantitative estimate of drug-likeness (QED) is 0.772. The van der Waals surface area contributed by atoms with Crippen molar-refractivity contribution >= 4 is 0 Å². The van der Waals surface area contributed by atoms with Crippen LogP contribution in [0.5, 0.6) is 0 Å². The molecule has 150 valence electrons. The van der Waals surface area contributed by atoms with Gasteiger partial charge in [-0.3, -0.25) is 9.80 Å². The first kappa shape index (κ1) is 19.5. The van der Waals surface area contributed by atoms with Crippen LogP contribution in [-0.2, 0) is 13.1 Å². The predicted molar refractivity (Wildman–Crippen MR) is 114 cm³/mol. The molecule has 3 heterocycles. The van der Waals surface area contributed by atoms with Crippen LogP contribution in [-0.4, -0.2) is 45.9 Å². The maximum atomic E-state index is 4.36. The zero-order valence-electron chi connectivity index (χ0n) is 17.7. The lowest BCUT2D eigenvalue weighted by molar-refractivity contribution is 0.0866. The lowest BCUT2D eigenvalue weighted by Crippen LogP contribution is -2.44. The number of likely N-dealkylation sites (tertiary alicyclic amines) is 2. The van der Waals surface area contributed by atoms with E-state index < -0.39 is 0 Å². The third-order valence-electron chi connectivity index (χ3n) is 6.55. The van der Waals surface area contributed by atoms with Crippen molar-refractivity contribution in [3.63, 3.8) is 0 Å². The van der Waals surface area contributed by atoms with E-state index in [-0.39, 0.29) is 0 Å². The van der Waals surface area contributed by atoms with E-state index in [4.69, 9.17) is 0 Å². The van der Waals surface area contributed by atoms with Crippen LogP contribution in [0.15, 0.2) is 36.7 Å². The third-order valence-corrected chi connectivity index (χ3v) is 6.55. The van der Waals surface area contributed by atoms with Crippen molar-refractivity contribution in [2.24, 2.45) is 5.41 Å². The average Bonchev–Trinajstić information content (AvgIpc) is 3.05. The van der Waals surface area contributed by atoms with Gasteiger partial charge in [-0.2, -0.15) is 0 Å². The molecule has 1 atom stereocenters. The maximum absolute atomic E-state index is 4.36. The highest BCUT2D eigenvalue weighted by Gasteiger charge is 2.41. The van der Waals surface area contributed by atoms with Crippen molar-refractivity contribution in [2.75, 3.05) is 26.2 Å². The Morgan fingerprint density at radius 1 is 0.893 bits per heavy atom. The maximum Gasteiger partial charge on any atom is 0.125 e. The average molecular weight is 379 g/mol. The first-order valence-corrected chi connectivity index (χ1v) is 10.8.